The van der Waals surface area contributed by atoms with Gasteiger partial charge < -0.3 is 15.5 Å². The zero-order chi connectivity index (χ0) is 26.7. The van der Waals surface area contributed by atoms with Gasteiger partial charge in [-0.3, -0.25) is 0 Å². The fourth-order valence-electron chi connectivity index (χ4n) is 6.27. The maximum Gasteiger partial charge on any atom is 0.416 e. The van der Waals surface area contributed by atoms with Gasteiger partial charge in [-0.15, -0.1) is 0 Å². The van der Waals surface area contributed by atoms with Crippen LogP contribution in [0.3, 0.4) is 0 Å². The van der Waals surface area contributed by atoms with Gasteiger partial charge in [0.05, 0.1) is 16.7 Å². The van der Waals surface area contributed by atoms with Crippen LogP contribution < -0.4 is 5.32 Å². The average molecular weight is 518 g/mol. The van der Waals surface area contributed by atoms with E-state index in [1.165, 1.54) is 12.1 Å². The summed E-state index contributed by atoms with van der Waals surface area (Å²) in [5, 5.41) is 26.3. The minimum absolute atomic E-state index is 0.121. The van der Waals surface area contributed by atoms with Crippen molar-refractivity contribution in [3.63, 3.8) is 0 Å². The number of hydrogen-bond acceptors (Lipinski definition) is 3. The SMILES string of the molecule is O=C(O)c1cc(-c2ccc(C3(O)[C@@H]4CC[C@H]3CNC4)cc2)c2ccc(-c3ccc(C(F)(F)F)cc3)cc2c1. The number of carbonyl (C=O) groups is 1. The third kappa shape index (κ3) is 4.06. The highest BCUT2D eigenvalue weighted by Gasteiger charge is 2.51. The quantitative estimate of drug-likeness (QED) is 0.282. The van der Waals surface area contributed by atoms with Crippen molar-refractivity contribution in [2.24, 2.45) is 11.8 Å². The van der Waals surface area contributed by atoms with Gasteiger partial charge >= 0.3 is 12.1 Å². The molecule has 194 valence electrons. The second kappa shape index (κ2) is 8.96. The molecule has 38 heavy (non-hydrogen) atoms. The van der Waals surface area contributed by atoms with Crippen LogP contribution in [-0.4, -0.2) is 29.3 Å². The van der Waals surface area contributed by atoms with Crippen molar-refractivity contribution in [2.45, 2.75) is 24.6 Å². The molecule has 1 saturated carbocycles. The van der Waals surface area contributed by atoms with E-state index in [-0.39, 0.29) is 17.4 Å². The molecule has 0 radical (unpaired) electrons. The lowest BCUT2D eigenvalue weighted by Crippen LogP contribution is -2.49. The molecule has 3 N–H and O–H groups in total. The van der Waals surface area contributed by atoms with Crippen molar-refractivity contribution in [1.29, 1.82) is 0 Å². The Balaban J connectivity index is 1.40. The molecule has 0 aromatic heterocycles. The Labute approximate surface area is 217 Å². The monoisotopic (exact) mass is 517 g/mol. The first-order valence-corrected chi connectivity index (χ1v) is 12.7. The number of carboxylic acids is 1. The fourth-order valence-corrected chi connectivity index (χ4v) is 6.27. The number of benzene rings is 4. The highest BCUT2D eigenvalue weighted by atomic mass is 19.4. The Bertz CT molecular complexity index is 1510. The number of rotatable bonds is 4. The molecule has 2 fully saturated rings. The van der Waals surface area contributed by atoms with Crippen LogP contribution in [0.1, 0.15) is 34.3 Å². The van der Waals surface area contributed by atoms with Crippen molar-refractivity contribution in [3.8, 4) is 22.3 Å². The fraction of sp³-hybridized carbons (Fsp3) is 0.258. The lowest BCUT2D eigenvalue weighted by atomic mass is 9.75. The molecule has 1 unspecified atom stereocenters. The maximum absolute atomic E-state index is 13.0. The standard InChI is InChI=1S/C31H26F3NO3/c32-31(33,34)24-8-1-18(2-9-24)20-5-12-27-21(13-20)14-22(29(36)37)15-28(27)19-3-6-23(7-4-19)30(38)25-10-11-26(30)17-35-16-25/h1-9,12-15,25-26,35,38H,10-11,16-17H2,(H,36,37)/t25-,26+,30?. The normalized spacial score (nSPS) is 23.1. The van der Waals surface area contributed by atoms with E-state index in [4.69, 9.17) is 0 Å². The van der Waals surface area contributed by atoms with Crippen LogP contribution in [0, 0.1) is 11.8 Å². The summed E-state index contributed by atoms with van der Waals surface area (Å²) in [6.07, 6.45) is -2.43. The number of hydrogen-bond donors (Lipinski definition) is 3. The summed E-state index contributed by atoms with van der Waals surface area (Å²) < 4.78 is 38.9. The van der Waals surface area contributed by atoms with Gasteiger partial charge in [0.2, 0.25) is 0 Å². The number of nitrogens with one attached hydrogen (secondary N) is 1. The molecular weight excluding hydrogens is 491 g/mol. The predicted molar refractivity (Wildman–Crippen MR) is 140 cm³/mol. The van der Waals surface area contributed by atoms with Gasteiger partial charge in [-0.1, -0.05) is 48.5 Å². The summed E-state index contributed by atoms with van der Waals surface area (Å²) >= 11 is 0. The molecule has 3 atom stereocenters. The van der Waals surface area contributed by atoms with Crippen LogP contribution >= 0.6 is 0 Å². The molecule has 0 spiro atoms. The van der Waals surface area contributed by atoms with Gasteiger partial charge in [-0.05, 0) is 81.8 Å². The maximum atomic E-state index is 13.0. The number of aliphatic hydroxyl groups is 1. The van der Waals surface area contributed by atoms with E-state index in [0.29, 0.717) is 16.5 Å². The third-order valence-corrected chi connectivity index (χ3v) is 8.29. The lowest BCUT2D eigenvalue weighted by molar-refractivity contribution is -0.137. The number of alkyl halides is 3. The van der Waals surface area contributed by atoms with E-state index in [1.807, 2.05) is 36.4 Å². The van der Waals surface area contributed by atoms with Gasteiger partial charge in [0, 0.05) is 24.9 Å². The molecular formula is C31H26F3NO3. The summed E-state index contributed by atoms with van der Waals surface area (Å²) in [4.78, 5) is 12.0. The minimum Gasteiger partial charge on any atom is -0.478 e. The number of aromatic carboxylic acids is 1. The van der Waals surface area contributed by atoms with Crippen molar-refractivity contribution in [3.05, 3.63) is 95.6 Å². The molecule has 7 heteroatoms. The zero-order valence-electron chi connectivity index (χ0n) is 20.4. The van der Waals surface area contributed by atoms with Crippen molar-refractivity contribution in [2.75, 3.05) is 13.1 Å². The number of piperidine rings is 1. The Morgan fingerprint density at radius 3 is 2.03 bits per heavy atom. The summed E-state index contributed by atoms with van der Waals surface area (Å²) in [5.41, 5.74) is 2.30. The molecule has 4 aromatic carbocycles. The molecule has 2 bridgehead atoms. The van der Waals surface area contributed by atoms with Crippen LogP contribution in [0.2, 0.25) is 0 Å². The highest BCUT2D eigenvalue weighted by molar-refractivity contribution is 6.04. The molecule has 1 aliphatic carbocycles. The van der Waals surface area contributed by atoms with E-state index >= 15 is 0 Å². The van der Waals surface area contributed by atoms with E-state index in [0.717, 1.165) is 60.1 Å². The number of halogens is 3. The Morgan fingerprint density at radius 2 is 1.42 bits per heavy atom. The molecule has 4 aromatic rings. The molecule has 0 amide bonds. The number of fused-ring (bicyclic) bond motifs is 3. The average Bonchev–Trinajstić information content (AvgIpc) is 3.07. The van der Waals surface area contributed by atoms with Gasteiger partial charge in [-0.25, -0.2) is 4.79 Å². The highest BCUT2D eigenvalue weighted by Crippen LogP contribution is 2.49. The van der Waals surface area contributed by atoms with Crippen LogP contribution in [0.25, 0.3) is 33.0 Å². The molecule has 6 rings (SSSR count). The molecule has 2 aliphatic rings. The van der Waals surface area contributed by atoms with E-state index in [1.54, 1.807) is 18.2 Å². The predicted octanol–water partition coefficient (Wildman–Crippen LogP) is 6.71. The van der Waals surface area contributed by atoms with E-state index < -0.39 is 23.3 Å². The third-order valence-electron chi connectivity index (χ3n) is 8.29. The van der Waals surface area contributed by atoms with Gasteiger partial charge in [0.15, 0.2) is 0 Å². The first-order chi connectivity index (χ1) is 18.1. The summed E-state index contributed by atoms with van der Waals surface area (Å²) in [6, 6.07) is 21.4. The van der Waals surface area contributed by atoms with E-state index in [9.17, 15) is 28.2 Å². The van der Waals surface area contributed by atoms with E-state index in [2.05, 4.69) is 5.32 Å². The summed E-state index contributed by atoms with van der Waals surface area (Å²) in [5.74, 6) is -0.718. The second-order valence-corrected chi connectivity index (χ2v) is 10.4. The Morgan fingerprint density at radius 1 is 0.816 bits per heavy atom. The zero-order valence-corrected chi connectivity index (χ0v) is 20.4. The first-order valence-electron chi connectivity index (χ1n) is 12.7. The Kier molecular flexibility index (Phi) is 5.81. The van der Waals surface area contributed by atoms with Gasteiger partial charge in [-0.2, -0.15) is 13.2 Å². The summed E-state index contributed by atoms with van der Waals surface area (Å²) in [6.45, 7) is 1.59. The lowest BCUT2D eigenvalue weighted by Gasteiger charge is -2.40. The Hall–Kier alpha value is -3.68. The van der Waals surface area contributed by atoms with Gasteiger partial charge in [0.1, 0.15) is 0 Å². The van der Waals surface area contributed by atoms with Crippen LogP contribution in [0.5, 0.6) is 0 Å². The van der Waals surface area contributed by atoms with Crippen molar-refractivity contribution >= 4 is 16.7 Å². The molecule has 1 aliphatic heterocycles. The smallest absolute Gasteiger partial charge is 0.416 e. The minimum atomic E-state index is -4.41. The molecule has 1 heterocycles. The van der Waals surface area contributed by atoms with Crippen LogP contribution in [-0.2, 0) is 11.8 Å². The number of carboxylic acid groups (broad SMARTS) is 1. The van der Waals surface area contributed by atoms with Gasteiger partial charge in [0.25, 0.3) is 0 Å². The largest absolute Gasteiger partial charge is 0.478 e. The van der Waals surface area contributed by atoms with Crippen molar-refractivity contribution in [1.82, 2.24) is 5.32 Å². The summed E-state index contributed by atoms with van der Waals surface area (Å²) in [7, 11) is 0. The topological polar surface area (TPSA) is 69.6 Å². The molecule has 1 saturated heterocycles. The van der Waals surface area contributed by atoms with Crippen molar-refractivity contribution < 1.29 is 28.2 Å². The first kappa shape index (κ1) is 24.6. The van der Waals surface area contributed by atoms with Crippen LogP contribution in [0.15, 0.2) is 78.9 Å². The molecule has 4 nitrogen and oxygen atoms in total. The second-order valence-electron chi connectivity index (χ2n) is 10.4. The van der Waals surface area contributed by atoms with Crippen LogP contribution in [0.4, 0.5) is 13.2 Å².